The third-order valence-electron chi connectivity index (χ3n) is 4.56. The van der Waals surface area contributed by atoms with E-state index < -0.39 is 0 Å². The molecule has 8 nitrogen and oxygen atoms in total. The van der Waals surface area contributed by atoms with Gasteiger partial charge in [0, 0.05) is 32.9 Å². The summed E-state index contributed by atoms with van der Waals surface area (Å²) in [6.07, 6.45) is 1.91. The number of benzene rings is 1. The highest BCUT2D eigenvalue weighted by Crippen LogP contribution is 2.14. The fraction of sp³-hybridized carbons (Fsp3) is 0.476. The van der Waals surface area contributed by atoms with Crippen molar-refractivity contribution < 1.29 is 9.53 Å². The predicted octanol–water partition coefficient (Wildman–Crippen LogP) is 2.15. The molecule has 0 aliphatic rings. The predicted molar refractivity (Wildman–Crippen MR) is 115 cm³/mol. The van der Waals surface area contributed by atoms with Crippen LogP contribution < -0.4 is 10.1 Å². The van der Waals surface area contributed by atoms with Gasteiger partial charge in [0.25, 0.3) is 0 Å². The van der Waals surface area contributed by atoms with Crippen LogP contribution in [-0.2, 0) is 11.3 Å². The summed E-state index contributed by atoms with van der Waals surface area (Å²) in [6, 6.07) is 9.66. The molecule has 0 atom stereocenters. The smallest absolute Gasteiger partial charge is 0.242 e. The number of ether oxygens (including phenoxy) is 1. The minimum atomic E-state index is 0.0897. The second kappa shape index (κ2) is 11.1. The first-order valence-corrected chi connectivity index (χ1v) is 9.98. The Balaban J connectivity index is 2.05. The molecule has 1 aromatic carbocycles. The summed E-state index contributed by atoms with van der Waals surface area (Å²) in [6.45, 7) is 8.83. The van der Waals surface area contributed by atoms with Crippen molar-refractivity contribution >= 4 is 11.9 Å². The van der Waals surface area contributed by atoms with Crippen molar-refractivity contribution in [3.8, 4) is 11.4 Å². The Morgan fingerprint density at radius 1 is 1.17 bits per heavy atom. The zero-order valence-corrected chi connectivity index (χ0v) is 18.1. The van der Waals surface area contributed by atoms with Gasteiger partial charge in [-0.1, -0.05) is 0 Å². The number of hydrogen-bond donors (Lipinski definition) is 1. The zero-order valence-electron chi connectivity index (χ0n) is 18.1. The first-order valence-electron chi connectivity index (χ1n) is 9.98. The van der Waals surface area contributed by atoms with Crippen molar-refractivity contribution in [2.45, 2.75) is 27.3 Å². The molecule has 1 heterocycles. The lowest BCUT2D eigenvalue weighted by Gasteiger charge is -2.25. The number of aromatic nitrogens is 2. The van der Waals surface area contributed by atoms with Crippen LogP contribution in [0.25, 0.3) is 5.69 Å². The average Bonchev–Trinajstić information content (AvgIpc) is 3.21. The van der Waals surface area contributed by atoms with E-state index in [4.69, 9.17) is 4.74 Å². The van der Waals surface area contributed by atoms with Gasteiger partial charge in [0.2, 0.25) is 5.91 Å². The van der Waals surface area contributed by atoms with Crippen LogP contribution in [0.15, 0.2) is 41.5 Å². The van der Waals surface area contributed by atoms with E-state index in [2.05, 4.69) is 15.4 Å². The highest BCUT2D eigenvalue weighted by Gasteiger charge is 2.15. The Hall–Kier alpha value is -3.03. The molecule has 8 heteroatoms. The molecule has 0 radical (unpaired) electrons. The first-order chi connectivity index (χ1) is 14.0. The fourth-order valence-electron chi connectivity index (χ4n) is 2.90. The minimum Gasteiger partial charge on any atom is -0.497 e. The lowest BCUT2D eigenvalue weighted by atomic mass is 10.3. The van der Waals surface area contributed by atoms with Crippen LogP contribution >= 0.6 is 0 Å². The van der Waals surface area contributed by atoms with Gasteiger partial charge in [-0.15, -0.1) is 0 Å². The highest BCUT2D eigenvalue weighted by molar-refractivity contribution is 5.86. The van der Waals surface area contributed by atoms with E-state index >= 15 is 0 Å². The van der Waals surface area contributed by atoms with Crippen LogP contribution in [0.1, 0.15) is 26.5 Å². The summed E-state index contributed by atoms with van der Waals surface area (Å²) in [5.74, 6) is 1.59. The van der Waals surface area contributed by atoms with Gasteiger partial charge in [-0.2, -0.15) is 5.10 Å². The summed E-state index contributed by atoms with van der Waals surface area (Å²) >= 11 is 0. The molecule has 0 bridgehead atoms. The topological polar surface area (TPSA) is 75.0 Å². The van der Waals surface area contributed by atoms with Crippen LogP contribution in [0.3, 0.4) is 0 Å². The van der Waals surface area contributed by atoms with Gasteiger partial charge >= 0.3 is 0 Å². The van der Waals surface area contributed by atoms with Crippen molar-refractivity contribution in [1.29, 1.82) is 0 Å². The van der Waals surface area contributed by atoms with E-state index in [1.807, 2.05) is 78.8 Å². The van der Waals surface area contributed by atoms with E-state index in [0.29, 0.717) is 25.6 Å². The second-order valence-corrected chi connectivity index (χ2v) is 6.54. The molecule has 0 saturated heterocycles. The Bertz CT molecular complexity index is 796. The molecule has 0 aliphatic carbocycles. The molecule has 0 saturated carbocycles. The zero-order chi connectivity index (χ0) is 21.2. The van der Waals surface area contributed by atoms with E-state index in [0.717, 1.165) is 23.7 Å². The van der Waals surface area contributed by atoms with E-state index in [9.17, 15) is 4.79 Å². The summed E-state index contributed by atoms with van der Waals surface area (Å²) in [7, 11) is 3.52. The SMILES string of the molecule is CCNC(=NCc1ccn(-c2ccc(OC)cc2)n1)N(C)CC(=O)N(CC)CC. The van der Waals surface area contributed by atoms with Crippen molar-refractivity contribution in [3.63, 3.8) is 0 Å². The largest absolute Gasteiger partial charge is 0.497 e. The van der Waals surface area contributed by atoms with Gasteiger partial charge in [-0.3, -0.25) is 4.79 Å². The number of rotatable bonds is 9. The minimum absolute atomic E-state index is 0.0897. The Kier molecular flexibility index (Phi) is 8.51. The summed E-state index contributed by atoms with van der Waals surface area (Å²) in [4.78, 5) is 20.7. The van der Waals surface area contributed by atoms with E-state index in [1.54, 1.807) is 7.11 Å². The molecule has 0 aliphatic heterocycles. The number of carbonyl (C=O) groups is 1. The third-order valence-corrected chi connectivity index (χ3v) is 4.56. The Morgan fingerprint density at radius 3 is 2.45 bits per heavy atom. The maximum Gasteiger partial charge on any atom is 0.242 e. The van der Waals surface area contributed by atoms with Gasteiger partial charge in [-0.25, -0.2) is 9.67 Å². The lowest BCUT2D eigenvalue weighted by Crippen LogP contribution is -2.45. The molecule has 0 spiro atoms. The number of nitrogens with one attached hydrogen (secondary N) is 1. The van der Waals surface area contributed by atoms with Crippen molar-refractivity contribution in [2.75, 3.05) is 40.3 Å². The molecule has 29 heavy (non-hydrogen) atoms. The number of likely N-dealkylation sites (N-methyl/N-ethyl adjacent to an activating group) is 2. The molecular formula is C21H32N6O2. The van der Waals surface area contributed by atoms with Crippen molar-refractivity contribution in [2.24, 2.45) is 4.99 Å². The van der Waals surface area contributed by atoms with E-state index in [1.165, 1.54) is 0 Å². The monoisotopic (exact) mass is 400 g/mol. The highest BCUT2D eigenvalue weighted by atomic mass is 16.5. The van der Waals surface area contributed by atoms with Gasteiger partial charge in [-0.05, 0) is 51.1 Å². The normalized spacial score (nSPS) is 11.3. The van der Waals surface area contributed by atoms with Crippen LogP contribution in [0.2, 0.25) is 0 Å². The molecular weight excluding hydrogens is 368 g/mol. The summed E-state index contributed by atoms with van der Waals surface area (Å²) in [5, 5.41) is 7.83. The maximum atomic E-state index is 12.4. The van der Waals surface area contributed by atoms with Gasteiger partial charge in [0.15, 0.2) is 5.96 Å². The number of guanidine groups is 1. The molecule has 1 amide bonds. The van der Waals surface area contributed by atoms with Crippen LogP contribution in [0.5, 0.6) is 5.75 Å². The standard InChI is InChI=1S/C21H32N6O2/c1-6-22-21(25(4)16-20(28)26(7-2)8-3)23-15-17-13-14-27(24-17)18-9-11-19(29-5)12-10-18/h9-14H,6-8,15-16H2,1-5H3,(H,22,23). The molecule has 1 N–H and O–H groups in total. The Labute approximate surface area is 173 Å². The number of carbonyl (C=O) groups excluding carboxylic acids is 1. The van der Waals surface area contributed by atoms with Crippen molar-refractivity contribution in [1.82, 2.24) is 24.9 Å². The fourth-order valence-corrected chi connectivity index (χ4v) is 2.90. The molecule has 0 unspecified atom stereocenters. The van der Waals surface area contributed by atoms with Gasteiger partial charge in [0.05, 0.1) is 31.6 Å². The van der Waals surface area contributed by atoms with Crippen LogP contribution in [0, 0.1) is 0 Å². The first kappa shape index (κ1) is 22.3. The summed E-state index contributed by atoms with van der Waals surface area (Å²) < 4.78 is 7.00. The van der Waals surface area contributed by atoms with Crippen LogP contribution in [0.4, 0.5) is 0 Å². The number of hydrogen-bond acceptors (Lipinski definition) is 4. The van der Waals surface area contributed by atoms with Gasteiger partial charge < -0.3 is 19.9 Å². The van der Waals surface area contributed by atoms with Gasteiger partial charge in [0.1, 0.15) is 5.75 Å². The van der Waals surface area contributed by atoms with Crippen LogP contribution in [-0.4, -0.2) is 71.8 Å². The number of methoxy groups -OCH3 is 1. The molecule has 0 fully saturated rings. The summed E-state index contributed by atoms with van der Waals surface area (Å²) in [5.41, 5.74) is 1.80. The lowest BCUT2D eigenvalue weighted by molar-refractivity contribution is -0.131. The molecule has 2 rings (SSSR count). The number of amides is 1. The van der Waals surface area contributed by atoms with E-state index in [-0.39, 0.29) is 12.5 Å². The second-order valence-electron chi connectivity index (χ2n) is 6.54. The molecule has 158 valence electrons. The van der Waals surface area contributed by atoms with Crippen molar-refractivity contribution in [3.05, 3.63) is 42.2 Å². The molecule has 2 aromatic rings. The quantitative estimate of drug-likeness (QED) is 0.516. The number of nitrogens with zero attached hydrogens (tertiary/aromatic N) is 5. The Morgan fingerprint density at radius 2 is 1.86 bits per heavy atom. The number of aliphatic imine (C=N–C) groups is 1. The third kappa shape index (κ3) is 6.23. The maximum absolute atomic E-state index is 12.4. The molecule has 1 aromatic heterocycles. The average molecular weight is 401 g/mol.